The van der Waals surface area contributed by atoms with Crippen LogP contribution in [0.5, 0.6) is 11.5 Å². The van der Waals surface area contributed by atoms with Gasteiger partial charge in [0.25, 0.3) is 0 Å². The van der Waals surface area contributed by atoms with Gasteiger partial charge in [-0.05, 0) is 78.2 Å². The molecule has 0 fully saturated rings. The first-order chi connectivity index (χ1) is 16.9. The predicted molar refractivity (Wildman–Crippen MR) is 139 cm³/mol. The van der Waals surface area contributed by atoms with Crippen LogP contribution in [0.2, 0.25) is 10.0 Å². The Bertz CT molecular complexity index is 1610. The number of H-pyrrole nitrogens is 2. The van der Waals surface area contributed by atoms with Gasteiger partial charge in [-0.25, -0.2) is 9.97 Å². The Kier molecular flexibility index (Phi) is 5.13. The van der Waals surface area contributed by atoms with Crippen LogP contribution < -0.4 is 0 Å². The molecule has 0 amide bonds. The van der Waals surface area contributed by atoms with Crippen LogP contribution in [0.1, 0.15) is 11.1 Å². The van der Waals surface area contributed by atoms with Gasteiger partial charge in [-0.15, -0.1) is 0 Å². The molecule has 4 N–H and O–H groups in total. The lowest BCUT2D eigenvalue weighted by Gasteiger charge is -2.09. The number of aromatic hydroxyl groups is 2. The Labute approximate surface area is 209 Å². The van der Waals surface area contributed by atoms with E-state index in [1.165, 1.54) is 0 Å². The number of phenols is 2. The van der Waals surface area contributed by atoms with Crippen LogP contribution in [-0.2, 0) is 6.42 Å². The number of phenolic OH excluding ortho intramolecular Hbond substituents is 2. The topological polar surface area (TPSA) is 97.8 Å². The van der Waals surface area contributed by atoms with Crippen LogP contribution in [-0.4, -0.2) is 30.1 Å². The zero-order valence-corrected chi connectivity index (χ0v) is 19.7. The molecule has 0 unspecified atom stereocenters. The number of benzene rings is 4. The molecule has 0 radical (unpaired) electrons. The second-order valence-electron chi connectivity index (χ2n) is 8.37. The Hall–Kier alpha value is -4.00. The molecule has 0 spiro atoms. The van der Waals surface area contributed by atoms with E-state index in [2.05, 4.69) is 19.9 Å². The number of hydrogen-bond donors (Lipinski definition) is 4. The molecule has 0 aliphatic carbocycles. The smallest absolute Gasteiger partial charge is 0.142 e. The summed E-state index contributed by atoms with van der Waals surface area (Å²) in [5.74, 6) is 1.39. The standard InChI is InChI=1S/C27H18Cl2N4O2/c28-16-3-5-20-22(12-16)32-26(30-20)18-10-14(1-7-24(18)34)9-15-2-8-25(35)19(11-15)27-31-21-6-4-17(29)13-23(21)33-27/h1-8,10-13,34-35H,9H2,(H,30,32)(H,31,33). The van der Waals surface area contributed by atoms with E-state index < -0.39 is 0 Å². The van der Waals surface area contributed by atoms with Gasteiger partial charge in [0.1, 0.15) is 23.1 Å². The number of aromatic nitrogens is 4. The molecule has 0 aliphatic heterocycles. The SMILES string of the molecule is Oc1ccc(Cc2ccc(O)c(-c3nc4ccc(Cl)cc4[nH]3)c2)cc1-c1nc2ccc(Cl)cc2[nH]1. The van der Waals surface area contributed by atoms with Crippen molar-refractivity contribution in [2.45, 2.75) is 6.42 Å². The molecule has 8 heteroatoms. The summed E-state index contributed by atoms with van der Waals surface area (Å²) >= 11 is 12.2. The van der Waals surface area contributed by atoms with E-state index in [9.17, 15) is 10.2 Å². The number of nitrogens with zero attached hydrogens (tertiary/aromatic N) is 2. The van der Waals surface area contributed by atoms with Crippen LogP contribution in [0.4, 0.5) is 0 Å². The van der Waals surface area contributed by atoms with Crippen molar-refractivity contribution in [1.29, 1.82) is 0 Å². The largest absolute Gasteiger partial charge is 0.507 e. The maximum atomic E-state index is 10.5. The zero-order valence-electron chi connectivity index (χ0n) is 18.2. The third-order valence-electron chi connectivity index (χ3n) is 5.93. The fourth-order valence-electron chi connectivity index (χ4n) is 4.22. The van der Waals surface area contributed by atoms with Gasteiger partial charge in [0.05, 0.1) is 33.2 Å². The first-order valence-electron chi connectivity index (χ1n) is 10.9. The molecule has 35 heavy (non-hydrogen) atoms. The van der Waals surface area contributed by atoms with Crippen LogP contribution in [0.25, 0.3) is 44.8 Å². The summed E-state index contributed by atoms with van der Waals surface area (Å²) in [4.78, 5) is 15.7. The maximum Gasteiger partial charge on any atom is 0.142 e. The van der Waals surface area contributed by atoms with Crippen molar-refractivity contribution < 1.29 is 10.2 Å². The number of hydrogen-bond acceptors (Lipinski definition) is 4. The summed E-state index contributed by atoms with van der Waals surface area (Å²) in [6.45, 7) is 0. The minimum Gasteiger partial charge on any atom is -0.507 e. The Balaban J connectivity index is 1.34. The Morgan fingerprint density at radius 1 is 0.600 bits per heavy atom. The molecule has 0 bridgehead atoms. The lowest BCUT2D eigenvalue weighted by Crippen LogP contribution is -1.92. The fourth-order valence-corrected chi connectivity index (χ4v) is 4.56. The van der Waals surface area contributed by atoms with Crippen molar-refractivity contribution >= 4 is 45.3 Å². The van der Waals surface area contributed by atoms with Crippen LogP contribution in [0.15, 0.2) is 72.8 Å². The molecule has 0 saturated carbocycles. The average Bonchev–Trinajstić information content (AvgIpc) is 3.44. The molecule has 0 saturated heterocycles. The van der Waals surface area contributed by atoms with Gasteiger partial charge in [-0.1, -0.05) is 35.3 Å². The van der Waals surface area contributed by atoms with E-state index in [0.29, 0.717) is 39.2 Å². The molecule has 6 nitrogen and oxygen atoms in total. The number of aromatic amines is 2. The minimum atomic E-state index is 0.131. The van der Waals surface area contributed by atoms with Crippen molar-refractivity contribution in [1.82, 2.24) is 19.9 Å². The number of fused-ring (bicyclic) bond motifs is 2. The first-order valence-corrected chi connectivity index (χ1v) is 11.6. The van der Waals surface area contributed by atoms with Crippen molar-refractivity contribution in [3.8, 4) is 34.3 Å². The van der Waals surface area contributed by atoms with Crippen molar-refractivity contribution in [3.05, 3.63) is 94.0 Å². The lowest BCUT2D eigenvalue weighted by molar-refractivity contribution is 0.476. The van der Waals surface area contributed by atoms with E-state index in [-0.39, 0.29) is 11.5 Å². The molecule has 6 aromatic rings. The van der Waals surface area contributed by atoms with Gasteiger partial charge in [0.15, 0.2) is 0 Å². The third kappa shape index (κ3) is 4.07. The highest BCUT2D eigenvalue weighted by atomic mass is 35.5. The van der Waals surface area contributed by atoms with Crippen LogP contribution in [0.3, 0.4) is 0 Å². The molecule has 172 valence electrons. The van der Waals surface area contributed by atoms with Gasteiger partial charge in [-0.3, -0.25) is 0 Å². The Morgan fingerprint density at radius 3 is 1.51 bits per heavy atom. The predicted octanol–water partition coefficient (Wildman–Crippen LogP) is 7.08. The van der Waals surface area contributed by atoms with Crippen LogP contribution in [0, 0.1) is 0 Å². The number of imidazole rings is 2. The van der Waals surface area contributed by atoms with Crippen molar-refractivity contribution in [3.63, 3.8) is 0 Å². The van der Waals surface area contributed by atoms with Crippen LogP contribution >= 0.6 is 23.2 Å². The van der Waals surface area contributed by atoms with E-state index in [0.717, 1.165) is 33.2 Å². The summed E-state index contributed by atoms with van der Waals surface area (Å²) in [5.41, 5.74) is 6.29. The highest BCUT2D eigenvalue weighted by molar-refractivity contribution is 6.31. The van der Waals surface area contributed by atoms with Gasteiger partial charge in [0, 0.05) is 10.0 Å². The fraction of sp³-hybridized carbons (Fsp3) is 0.0370. The zero-order chi connectivity index (χ0) is 24.1. The quantitative estimate of drug-likeness (QED) is 0.207. The molecule has 2 heterocycles. The average molecular weight is 501 g/mol. The first kappa shape index (κ1) is 21.5. The third-order valence-corrected chi connectivity index (χ3v) is 6.40. The second-order valence-corrected chi connectivity index (χ2v) is 9.25. The van der Waals surface area contributed by atoms with Crippen molar-refractivity contribution in [2.75, 3.05) is 0 Å². The number of halogens is 2. The molecule has 0 atom stereocenters. The summed E-state index contributed by atoms with van der Waals surface area (Å²) in [7, 11) is 0. The van der Waals surface area contributed by atoms with Crippen molar-refractivity contribution in [2.24, 2.45) is 0 Å². The highest BCUT2D eigenvalue weighted by Gasteiger charge is 2.14. The minimum absolute atomic E-state index is 0.131. The molecule has 2 aromatic heterocycles. The van der Waals surface area contributed by atoms with Gasteiger partial charge in [0.2, 0.25) is 0 Å². The lowest BCUT2D eigenvalue weighted by atomic mass is 10.00. The molecular formula is C27H18Cl2N4O2. The number of rotatable bonds is 4. The monoisotopic (exact) mass is 500 g/mol. The maximum absolute atomic E-state index is 10.5. The van der Waals surface area contributed by atoms with E-state index in [4.69, 9.17) is 23.2 Å². The van der Waals surface area contributed by atoms with Gasteiger partial charge >= 0.3 is 0 Å². The van der Waals surface area contributed by atoms with Gasteiger partial charge in [-0.2, -0.15) is 0 Å². The summed E-state index contributed by atoms with van der Waals surface area (Å²) in [6.07, 6.45) is 0.582. The van der Waals surface area contributed by atoms with E-state index >= 15 is 0 Å². The number of nitrogens with one attached hydrogen (secondary N) is 2. The normalized spacial score (nSPS) is 11.5. The second kappa shape index (κ2) is 8.34. The summed E-state index contributed by atoms with van der Waals surface area (Å²) in [5, 5.41) is 22.2. The summed E-state index contributed by atoms with van der Waals surface area (Å²) < 4.78 is 0. The van der Waals surface area contributed by atoms with E-state index in [1.807, 2.05) is 36.4 Å². The summed E-state index contributed by atoms with van der Waals surface area (Å²) in [6, 6.07) is 21.7. The Morgan fingerprint density at radius 2 is 1.06 bits per heavy atom. The highest BCUT2D eigenvalue weighted by Crippen LogP contribution is 2.33. The molecule has 0 aliphatic rings. The molecule has 6 rings (SSSR count). The van der Waals surface area contributed by atoms with E-state index in [1.54, 1.807) is 36.4 Å². The molecule has 4 aromatic carbocycles. The van der Waals surface area contributed by atoms with Gasteiger partial charge < -0.3 is 20.2 Å². The molecular weight excluding hydrogens is 483 g/mol.